The van der Waals surface area contributed by atoms with Crippen LogP contribution in [0.3, 0.4) is 0 Å². The van der Waals surface area contributed by atoms with Crippen LogP contribution in [-0.2, 0) is 19.4 Å². The Bertz CT molecular complexity index is 484. The molecule has 0 aromatic carbocycles. The summed E-state index contributed by atoms with van der Waals surface area (Å²) in [6.45, 7) is 1.91. The fourth-order valence-electron chi connectivity index (χ4n) is 2.37. The van der Waals surface area contributed by atoms with Gasteiger partial charge in [0.15, 0.2) is 5.60 Å². The van der Waals surface area contributed by atoms with E-state index in [4.69, 9.17) is 4.74 Å². The second-order valence-corrected chi connectivity index (χ2v) is 8.38. The fourth-order valence-corrected chi connectivity index (χ4v) is 3.96. The van der Waals surface area contributed by atoms with Gasteiger partial charge in [-0.1, -0.05) is 0 Å². The molecule has 1 rings (SSSR count). The third-order valence-corrected chi connectivity index (χ3v) is 5.47. The summed E-state index contributed by atoms with van der Waals surface area (Å²) in [5.74, 6) is -0.770. The number of halogens is 3. The van der Waals surface area contributed by atoms with Gasteiger partial charge in [-0.2, -0.15) is 13.2 Å². The highest BCUT2D eigenvalue weighted by Crippen LogP contribution is 2.34. The van der Waals surface area contributed by atoms with Gasteiger partial charge >= 0.3 is 12.1 Å². The van der Waals surface area contributed by atoms with Crippen molar-refractivity contribution < 1.29 is 36.2 Å². The lowest BCUT2D eigenvalue weighted by Gasteiger charge is -2.29. The molecule has 0 radical (unpaired) electrons. The predicted octanol–water partition coefficient (Wildman–Crippen LogP) is 1.84. The van der Waals surface area contributed by atoms with Crippen LogP contribution in [-0.4, -0.2) is 48.9 Å². The monoisotopic (exact) mass is 346 g/mol. The zero-order chi connectivity index (χ0) is 17.2. The average molecular weight is 346 g/mol. The lowest BCUT2D eigenvalue weighted by Crippen LogP contribution is -2.45. The summed E-state index contributed by atoms with van der Waals surface area (Å²) in [5.41, 5.74) is -2.92. The number of aliphatic hydroxyl groups is 1. The molecule has 2 unspecified atom stereocenters. The van der Waals surface area contributed by atoms with Crippen LogP contribution in [0, 0.1) is 5.92 Å². The molecule has 0 spiro atoms. The van der Waals surface area contributed by atoms with Crippen molar-refractivity contribution in [1.29, 1.82) is 0 Å². The van der Waals surface area contributed by atoms with Crippen LogP contribution in [0.1, 0.15) is 39.5 Å². The molecule has 1 aliphatic rings. The van der Waals surface area contributed by atoms with E-state index in [0.717, 1.165) is 0 Å². The summed E-state index contributed by atoms with van der Waals surface area (Å²) >= 11 is 0. The van der Waals surface area contributed by atoms with Gasteiger partial charge in [-0.3, -0.25) is 4.79 Å². The molecule has 1 N–H and O–H groups in total. The Morgan fingerprint density at radius 3 is 2.27 bits per heavy atom. The maximum Gasteiger partial charge on any atom is 0.417 e. The average Bonchev–Trinajstić information content (AvgIpc) is 2.29. The Labute approximate surface area is 127 Å². The Hall–Kier alpha value is -0.830. The van der Waals surface area contributed by atoms with Crippen LogP contribution >= 0.6 is 0 Å². The maximum absolute atomic E-state index is 12.5. The molecule has 0 aromatic rings. The van der Waals surface area contributed by atoms with Gasteiger partial charge in [0, 0.05) is 12.8 Å². The number of esters is 1. The summed E-state index contributed by atoms with van der Waals surface area (Å²) in [5, 5.41) is 9.33. The molecule has 0 bridgehead atoms. The fraction of sp³-hybridized carbons (Fsp3) is 0.923. The molecule has 0 saturated carbocycles. The summed E-state index contributed by atoms with van der Waals surface area (Å²) in [4.78, 5) is 11.7. The van der Waals surface area contributed by atoms with Gasteiger partial charge in [-0.15, -0.1) is 0 Å². The molecule has 9 heteroatoms. The standard InChI is InChI=1S/C13H21F3O5S/c1-9(8-12(2,18)13(14,15)16)21-11(17)7-10-3-5-22(19,20)6-4-10/h9-10,18H,3-8H2,1-2H3. The first-order chi connectivity index (χ1) is 9.82. The van der Waals surface area contributed by atoms with Crippen molar-refractivity contribution in [2.45, 2.75) is 57.4 Å². The number of sulfone groups is 1. The summed E-state index contributed by atoms with van der Waals surface area (Å²) in [6.07, 6.45) is -5.95. The van der Waals surface area contributed by atoms with Crippen LogP contribution in [0.5, 0.6) is 0 Å². The first-order valence-electron chi connectivity index (χ1n) is 7.01. The summed E-state index contributed by atoms with van der Waals surface area (Å²) < 4.78 is 65.0. The molecule has 2 atom stereocenters. The number of rotatable bonds is 5. The van der Waals surface area contributed by atoms with Crippen LogP contribution < -0.4 is 0 Å². The quantitative estimate of drug-likeness (QED) is 0.768. The highest BCUT2D eigenvalue weighted by molar-refractivity contribution is 7.91. The molecule has 1 heterocycles. The molecule has 1 saturated heterocycles. The van der Waals surface area contributed by atoms with E-state index in [1.165, 1.54) is 6.92 Å². The van der Waals surface area contributed by atoms with Gasteiger partial charge in [-0.25, -0.2) is 8.42 Å². The molecular weight excluding hydrogens is 325 g/mol. The van der Waals surface area contributed by atoms with E-state index in [2.05, 4.69) is 0 Å². The lowest BCUT2D eigenvalue weighted by molar-refractivity contribution is -0.261. The van der Waals surface area contributed by atoms with E-state index in [9.17, 15) is 31.5 Å². The molecule has 0 amide bonds. The second kappa shape index (κ2) is 6.74. The predicted molar refractivity (Wildman–Crippen MR) is 72.8 cm³/mol. The van der Waals surface area contributed by atoms with E-state index >= 15 is 0 Å². The number of carbonyl (C=O) groups is 1. The number of carbonyl (C=O) groups excluding carboxylic acids is 1. The van der Waals surface area contributed by atoms with Gasteiger partial charge < -0.3 is 9.84 Å². The highest BCUT2D eigenvalue weighted by Gasteiger charge is 2.50. The minimum absolute atomic E-state index is 0.0171. The molecule has 22 heavy (non-hydrogen) atoms. The normalized spacial score (nSPS) is 23.5. The Morgan fingerprint density at radius 2 is 1.82 bits per heavy atom. The lowest BCUT2D eigenvalue weighted by atomic mass is 9.97. The minimum atomic E-state index is -4.80. The summed E-state index contributed by atoms with van der Waals surface area (Å²) in [7, 11) is -3.03. The van der Waals surface area contributed by atoms with Gasteiger partial charge in [0.05, 0.1) is 11.5 Å². The Morgan fingerprint density at radius 1 is 1.32 bits per heavy atom. The molecule has 1 aliphatic heterocycles. The van der Waals surface area contributed by atoms with Crippen molar-refractivity contribution in [3.8, 4) is 0 Å². The molecule has 0 aliphatic carbocycles. The first kappa shape index (κ1) is 19.2. The number of alkyl halides is 3. The molecule has 1 fully saturated rings. The van der Waals surface area contributed by atoms with E-state index in [-0.39, 0.29) is 23.8 Å². The van der Waals surface area contributed by atoms with Crippen LogP contribution in [0.4, 0.5) is 13.2 Å². The number of ether oxygens (including phenoxy) is 1. The van der Waals surface area contributed by atoms with Gasteiger partial charge in [0.2, 0.25) is 0 Å². The van der Waals surface area contributed by atoms with E-state index in [0.29, 0.717) is 19.8 Å². The van der Waals surface area contributed by atoms with Crippen LogP contribution in [0.15, 0.2) is 0 Å². The zero-order valence-corrected chi connectivity index (χ0v) is 13.3. The van der Waals surface area contributed by atoms with Crippen LogP contribution in [0.25, 0.3) is 0 Å². The third kappa shape index (κ3) is 5.75. The maximum atomic E-state index is 12.5. The molecule has 5 nitrogen and oxygen atoms in total. The van der Waals surface area contributed by atoms with Gasteiger partial charge in [-0.05, 0) is 32.6 Å². The Balaban J connectivity index is 2.42. The van der Waals surface area contributed by atoms with E-state index in [1.54, 1.807) is 0 Å². The molecule has 0 aromatic heterocycles. The smallest absolute Gasteiger partial charge is 0.417 e. The molecule has 130 valence electrons. The third-order valence-electron chi connectivity index (χ3n) is 3.76. The van der Waals surface area contributed by atoms with Crippen molar-refractivity contribution in [2.75, 3.05) is 11.5 Å². The topological polar surface area (TPSA) is 80.7 Å². The largest absolute Gasteiger partial charge is 0.463 e. The number of hydrogen-bond donors (Lipinski definition) is 1. The first-order valence-corrected chi connectivity index (χ1v) is 8.83. The minimum Gasteiger partial charge on any atom is -0.463 e. The number of hydrogen-bond acceptors (Lipinski definition) is 5. The zero-order valence-electron chi connectivity index (χ0n) is 12.5. The summed E-state index contributed by atoms with van der Waals surface area (Å²) in [6, 6.07) is 0. The molecular formula is C13H21F3O5S. The highest BCUT2D eigenvalue weighted by atomic mass is 32.2. The SMILES string of the molecule is CC(CC(C)(O)C(F)(F)F)OC(=O)CC1CCS(=O)(=O)CC1. The second-order valence-electron chi connectivity index (χ2n) is 6.08. The van der Waals surface area contributed by atoms with Crippen LogP contribution in [0.2, 0.25) is 0 Å². The van der Waals surface area contributed by atoms with Gasteiger partial charge in [0.25, 0.3) is 0 Å². The Kier molecular flexibility index (Phi) is 5.88. The van der Waals surface area contributed by atoms with E-state index < -0.39 is 40.1 Å². The van der Waals surface area contributed by atoms with Crippen molar-refractivity contribution >= 4 is 15.8 Å². The van der Waals surface area contributed by atoms with Crippen molar-refractivity contribution in [3.63, 3.8) is 0 Å². The van der Waals surface area contributed by atoms with Crippen molar-refractivity contribution in [3.05, 3.63) is 0 Å². The van der Waals surface area contributed by atoms with Crippen molar-refractivity contribution in [1.82, 2.24) is 0 Å². The van der Waals surface area contributed by atoms with Gasteiger partial charge in [0.1, 0.15) is 15.9 Å². The van der Waals surface area contributed by atoms with E-state index in [1.807, 2.05) is 0 Å². The van der Waals surface area contributed by atoms with Crippen molar-refractivity contribution in [2.24, 2.45) is 5.92 Å².